The van der Waals surface area contributed by atoms with Gasteiger partial charge in [-0.05, 0) is 6.54 Å². The van der Waals surface area contributed by atoms with Crippen LogP contribution in [0.1, 0.15) is 13.3 Å². The first-order valence-corrected chi connectivity index (χ1v) is 3.24. The SMILES string of the molecule is CCN[C@H]1CCOC1=O. The summed E-state index contributed by atoms with van der Waals surface area (Å²) in [5.41, 5.74) is 0. The van der Waals surface area contributed by atoms with Crippen molar-refractivity contribution >= 4 is 5.97 Å². The van der Waals surface area contributed by atoms with E-state index >= 15 is 0 Å². The Labute approximate surface area is 54.4 Å². The van der Waals surface area contributed by atoms with Crippen molar-refractivity contribution in [1.82, 2.24) is 5.32 Å². The van der Waals surface area contributed by atoms with Crippen molar-refractivity contribution < 1.29 is 9.53 Å². The zero-order chi connectivity index (χ0) is 6.69. The van der Waals surface area contributed by atoms with Crippen LogP contribution in [-0.4, -0.2) is 25.2 Å². The van der Waals surface area contributed by atoms with Crippen LogP contribution in [0.2, 0.25) is 0 Å². The molecule has 1 saturated heterocycles. The van der Waals surface area contributed by atoms with Crippen molar-refractivity contribution in [3.05, 3.63) is 0 Å². The lowest BCUT2D eigenvalue weighted by Crippen LogP contribution is -2.32. The molecule has 0 aliphatic carbocycles. The van der Waals surface area contributed by atoms with Gasteiger partial charge in [0.2, 0.25) is 0 Å². The number of cyclic esters (lactones) is 1. The van der Waals surface area contributed by atoms with Gasteiger partial charge in [0.1, 0.15) is 6.04 Å². The quantitative estimate of drug-likeness (QED) is 0.529. The Bertz CT molecular complexity index is 114. The molecule has 0 amide bonds. The topological polar surface area (TPSA) is 38.3 Å². The van der Waals surface area contributed by atoms with Gasteiger partial charge < -0.3 is 10.1 Å². The second-order valence-corrected chi connectivity index (χ2v) is 2.07. The Kier molecular flexibility index (Phi) is 2.05. The molecule has 1 rings (SSSR count). The third-order valence-electron chi connectivity index (χ3n) is 1.39. The smallest absolute Gasteiger partial charge is 0.323 e. The molecule has 1 aliphatic heterocycles. The number of hydrogen-bond donors (Lipinski definition) is 1. The van der Waals surface area contributed by atoms with Gasteiger partial charge in [-0.2, -0.15) is 0 Å². The molecule has 1 aliphatic rings. The minimum Gasteiger partial charge on any atom is -0.464 e. The van der Waals surface area contributed by atoms with Crippen LogP contribution in [0.15, 0.2) is 0 Å². The lowest BCUT2D eigenvalue weighted by atomic mass is 10.2. The third-order valence-corrected chi connectivity index (χ3v) is 1.39. The zero-order valence-corrected chi connectivity index (χ0v) is 5.52. The average Bonchev–Trinajstić information content (AvgIpc) is 2.18. The van der Waals surface area contributed by atoms with Crippen molar-refractivity contribution in [1.29, 1.82) is 0 Å². The summed E-state index contributed by atoms with van der Waals surface area (Å²) < 4.78 is 4.72. The fourth-order valence-corrected chi connectivity index (χ4v) is 0.928. The largest absolute Gasteiger partial charge is 0.464 e. The zero-order valence-electron chi connectivity index (χ0n) is 5.52. The van der Waals surface area contributed by atoms with E-state index in [0.29, 0.717) is 6.61 Å². The number of carbonyl (C=O) groups excluding carboxylic acids is 1. The molecular formula is C6H11NO2. The maximum absolute atomic E-state index is 10.7. The second-order valence-electron chi connectivity index (χ2n) is 2.07. The van der Waals surface area contributed by atoms with E-state index < -0.39 is 0 Å². The van der Waals surface area contributed by atoms with Gasteiger partial charge in [0, 0.05) is 6.42 Å². The average molecular weight is 129 g/mol. The van der Waals surface area contributed by atoms with Gasteiger partial charge in [-0.15, -0.1) is 0 Å². The molecule has 1 atom stereocenters. The van der Waals surface area contributed by atoms with Gasteiger partial charge in [0.25, 0.3) is 0 Å². The number of carbonyl (C=O) groups is 1. The number of ether oxygens (including phenoxy) is 1. The molecule has 3 nitrogen and oxygen atoms in total. The van der Waals surface area contributed by atoms with Gasteiger partial charge in [0.15, 0.2) is 0 Å². The Morgan fingerprint density at radius 3 is 3.11 bits per heavy atom. The fourth-order valence-electron chi connectivity index (χ4n) is 0.928. The summed E-state index contributed by atoms with van der Waals surface area (Å²) in [6, 6.07) is -0.0324. The highest BCUT2D eigenvalue weighted by Gasteiger charge is 2.24. The Morgan fingerprint density at radius 1 is 1.89 bits per heavy atom. The van der Waals surface area contributed by atoms with Crippen LogP contribution in [0.4, 0.5) is 0 Å². The van der Waals surface area contributed by atoms with Crippen LogP contribution in [0.3, 0.4) is 0 Å². The van der Waals surface area contributed by atoms with Crippen LogP contribution in [0.25, 0.3) is 0 Å². The molecular weight excluding hydrogens is 118 g/mol. The van der Waals surface area contributed by atoms with Gasteiger partial charge in [-0.25, -0.2) is 0 Å². The summed E-state index contributed by atoms with van der Waals surface area (Å²) in [6.07, 6.45) is 0.826. The molecule has 1 N–H and O–H groups in total. The highest BCUT2D eigenvalue weighted by atomic mass is 16.5. The summed E-state index contributed by atoms with van der Waals surface area (Å²) in [6.45, 7) is 3.39. The first kappa shape index (κ1) is 6.55. The van der Waals surface area contributed by atoms with Crippen LogP contribution < -0.4 is 5.32 Å². The number of hydrogen-bond acceptors (Lipinski definition) is 3. The number of esters is 1. The fraction of sp³-hybridized carbons (Fsp3) is 0.833. The first-order chi connectivity index (χ1) is 4.34. The molecule has 0 radical (unpaired) electrons. The molecule has 3 heteroatoms. The van der Waals surface area contributed by atoms with E-state index in [4.69, 9.17) is 4.74 Å². The summed E-state index contributed by atoms with van der Waals surface area (Å²) in [4.78, 5) is 10.7. The summed E-state index contributed by atoms with van der Waals surface area (Å²) in [7, 11) is 0. The lowest BCUT2D eigenvalue weighted by Gasteiger charge is -2.03. The van der Waals surface area contributed by atoms with Crippen LogP contribution in [0.5, 0.6) is 0 Å². The van der Waals surface area contributed by atoms with Crippen LogP contribution >= 0.6 is 0 Å². The van der Waals surface area contributed by atoms with Crippen molar-refractivity contribution in [2.45, 2.75) is 19.4 Å². The van der Waals surface area contributed by atoms with Crippen LogP contribution in [0, 0.1) is 0 Å². The first-order valence-electron chi connectivity index (χ1n) is 3.24. The maximum atomic E-state index is 10.7. The predicted molar refractivity (Wildman–Crippen MR) is 33.0 cm³/mol. The summed E-state index contributed by atoms with van der Waals surface area (Å²) in [5.74, 6) is -0.100. The normalized spacial score (nSPS) is 26.3. The van der Waals surface area contributed by atoms with E-state index in [1.54, 1.807) is 0 Å². The number of likely N-dealkylation sites (N-methyl/N-ethyl adjacent to an activating group) is 1. The van der Waals surface area contributed by atoms with E-state index in [0.717, 1.165) is 13.0 Å². The van der Waals surface area contributed by atoms with E-state index in [1.165, 1.54) is 0 Å². The van der Waals surface area contributed by atoms with Crippen LogP contribution in [-0.2, 0) is 9.53 Å². The van der Waals surface area contributed by atoms with Crippen molar-refractivity contribution in [3.63, 3.8) is 0 Å². The van der Waals surface area contributed by atoms with Crippen molar-refractivity contribution in [2.24, 2.45) is 0 Å². The number of rotatable bonds is 2. The minimum absolute atomic E-state index is 0.0324. The molecule has 0 saturated carbocycles. The molecule has 0 aromatic carbocycles. The van der Waals surface area contributed by atoms with Gasteiger partial charge in [0.05, 0.1) is 6.61 Å². The lowest BCUT2D eigenvalue weighted by molar-refractivity contribution is -0.139. The monoisotopic (exact) mass is 129 g/mol. The second kappa shape index (κ2) is 2.82. The maximum Gasteiger partial charge on any atom is 0.323 e. The van der Waals surface area contributed by atoms with E-state index in [1.807, 2.05) is 6.92 Å². The molecule has 1 heterocycles. The molecule has 0 aromatic rings. The molecule has 0 unspecified atom stereocenters. The Hall–Kier alpha value is -0.570. The molecule has 0 spiro atoms. The predicted octanol–water partition coefficient (Wildman–Crippen LogP) is -0.0886. The van der Waals surface area contributed by atoms with E-state index in [9.17, 15) is 4.79 Å². The Balaban J connectivity index is 2.31. The molecule has 9 heavy (non-hydrogen) atoms. The minimum atomic E-state index is -0.100. The molecule has 1 fully saturated rings. The summed E-state index contributed by atoms with van der Waals surface area (Å²) in [5, 5.41) is 3.02. The van der Waals surface area contributed by atoms with E-state index in [2.05, 4.69) is 5.32 Å². The molecule has 0 bridgehead atoms. The van der Waals surface area contributed by atoms with Crippen molar-refractivity contribution in [2.75, 3.05) is 13.2 Å². The highest BCUT2D eigenvalue weighted by molar-refractivity contribution is 5.77. The molecule has 0 aromatic heterocycles. The molecule has 52 valence electrons. The highest BCUT2D eigenvalue weighted by Crippen LogP contribution is 2.04. The van der Waals surface area contributed by atoms with Gasteiger partial charge in [-0.1, -0.05) is 6.92 Å². The summed E-state index contributed by atoms with van der Waals surface area (Å²) >= 11 is 0. The van der Waals surface area contributed by atoms with Crippen molar-refractivity contribution in [3.8, 4) is 0 Å². The van der Waals surface area contributed by atoms with E-state index in [-0.39, 0.29) is 12.0 Å². The van der Waals surface area contributed by atoms with Gasteiger partial charge >= 0.3 is 5.97 Å². The van der Waals surface area contributed by atoms with Gasteiger partial charge in [-0.3, -0.25) is 4.79 Å². The Morgan fingerprint density at radius 2 is 2.67 bits per heavy atom. The third kappa shape index (κ3) is 1.42. The standard InChI is InChI=1S/C6H11NO2/c1-2-7-5-3-4-9-6(5)8/h5,7H,2-4H2,1H3/t5-/m0/s1. The number of nitrogens with one attached hydrogen (secondary N) is 1.